The molecule has 1 nitrogen and oxygen atoms in total. The summed E-state index contributed by atoms with van der Waals surface area (Å²) in [5.41, 5.74) is 8.19. The van der Waals surface area contributed by atoms with Crippen LogP contribution in [-0.2, 0) is 12.8 Å². The summed E-state index contributed by atoms with van der Waals surface area (Å²) < 4.78 is 0. The van der Waals surface area contributed by atoms with Crippen molar-refractivity contribution in [1.82, 2.24) is 0 Å². The molecule has 0 aromatic heterocycles. The fourth-order valence-electron chi connectivity index (χ4n) is 4.27. The third-order valence-corrected chi connectivity index (χ3v) is 6.00. The number of rotatable bonds is 3. The topological polar surface area (TPSA) is 12.4 Å². The minimum absolute atomic E-state index is 0.636. The molecule has 0 saturated heterocycles. The highest BCUT2D eigenvalue weighted by atomic mass is 14.8. The first-order chi connectivity index (χ1) is 12.8. The third kappa shape index (κ3) is 2.88. The maximum absolute atomic E-state index is 5.20. The second kappa shape index (κ2) is 6.25. The first-order valence-corrected chi connectivity index (χ1v) is 9.63. The highest BCUT2D eigenvalue weighted by molar-refractivity contribution is 6.14. The lowest BCUT2D eigenvalue weighted by Gasteiger charge is -2.25. The molecule has 1 spiro atoms. The molecule has 5 rings (SSSR count). The summed E-state index contributed by atoms with van der Waals surface area (Å²) in [6.45, 7) is 0. The minimum Gasteiger partial charge on any atom is -0.247 e. The zero-order valence-electron chi connectivity index (χ0n) is 15.0. The highest BCUT2D eigenvalue weighted by Crippen LogP contribution is 2.55. The highest BCUT2D eigenvalue weighted by Gasteiger charge is 2.44. The van der Waals surface area contributed by atoms with Gasteiger partial charge in [-0.25, -0.2) is 4.99 Å². The van der Waals surface area contributed by atoms with Gasteiger partial charge in [-0.05, 0) is 54.7 Å². The smallest absolute Gasteiger partial charge is 0.0781 e. The molecule has 128 valence electrons. The van der Waals surface area contributed by atoms with Gasteiger partial charge in [-0.1, -0.05) is 72.8 Å². The van der Waals surface area contributed by atoms with E-state index in [0.717, 1.165) is 11.4 Å². The fourth-order valence-corrected chi connectivity index (χ4v) is 4.27. The lowest BCUT2D eigenvalue weighted by Crippen LogP contribution is -2.15. The van der Waals surface area contributed by atoms with Crippen LogP contribution in [0.3, 0.4) is 0 Å². The normalized spacial score (nSPS) is 16.8. The van der Waals surface area contributed by atoms with E-state index < -0.39 is 0 Å². The van der Waals surface area contributed by atoms with Crippen LogP contribution in [0.1, 0.15) is 41.5 Å². The Morgan fingerprint density at radius 1 is 0.692 bits per heavy atom. The number of nitrogens with zero attached hydrogens (tertiary/aromatic N) is 1. The lowest BCUT2D eigenvalue weighted by atomic mass is 9.81. The predicted molar refractivity (Wildman–Crippen MR) is 108 cm³/mol. The Labute approximate surface area is 155 Å². The first-order valence-electron chi connectivity index (χ1n) is 9.63. The van der Waals surface area contributed by atoms with Gasteiger partial charge in [0.1, 0.15) is 0 Å². The fraction of sp³-hybridized carbons (Fsp3) is 0.240. The standard InChI is InChI=1S/C25H23N/c1-3-8-19(9-4-1)24(20-10-5-2-6-11-20)26-23-13-7-12-21-18-25(16-17-25)15-14-22(21)23/h1-13H,14-18H2. The molecular weight excluding hydrogens is 314 g/mol. The van der Waals surface area contributed by atoms with Crippen LogP contribution in [0.2, 0.25) is 0 Å². The summed E-state index contributed by atoms with van der Waals surface area (Å²) in [7, 11) is 0. The van der Waals surface area contributed by atoms with Gasteiger partial charge in [0, 0.05) is 11.1 Å². The molecule has 0 bridgehead atoms. The molecule has 0 unspecified atom stereocenters. The Balaban J connectivity index is 1.63. The molecular formula is C25H23N. The van der Waals surface area contributed by atoms with Crippen molar-refractivity contribution >= 4 is 11.4 Å². The Kier molecular flexibility index (Phi) is 3.74. The van der Waals surface area contributed by atoms with Crippen molar-refractivity contribution in [3.8, 4) is 0 Å². The van der Waals surface area contributed by atoms with E-state index >= 15 is 0 Å². The van der Waals surface area contributed by atoms with Crippen molar-refractivity contribution in [3.05, 3.63) is 101 Å². The molecule has 26 heavy (non-hydrogen) atoms. The van der Waals surface area contributed by atoms with E-state index in [1.165, 1.54) is 54.4 Å². The zero-order valence-corrected chi connectivity index (χ0v) is 15.0. The minimum atomic E-state index is 0.636. The molecule has 0 N–H and O–H groups in total. The molecule has 3 aromatic carbocycles. The van der Waals surface area contributed by atoms with Gasteiger partial charge in [-0.2, -0.15) is 0 Å². The van der Waals surface area contributed by atoms with Crippen LogP contribution in [0.5, 0.6) is 0 Å². The van der Waals surface area contributed by atoms with Crippen LogP contribution in [0, 0.1) is 5.41 Å². The summed E-state index contributed by atoms with van der Waals surface area (Å²) >= 11 is 0. The number of fused-ring (bicyclic) bond motifs is 1. The van der Waals surface area contributed by atoms with E-state index in [1.54, 1.807) is 0 Å². The maximum atomic E-state index is 5.20. The summed E-state index contributed by atoms with van der Waals surface area (Å²) in [5.74, 6) is 0. The summed E-state index contributed by atoms with van der Waals surface area (Å²) in [4.78, 5) is 5.20. The molecule has 3 aromatic rings. The van der Waals surface area contributed by atoms with E-state index in [9.17, 15) is 0 Å². The maximum Gasteiger partial charge on any atom is 0.0781 e. The molecule has 1 fully saturated rings. The molecule has 2 aliphatic rings. The third-order valence-electron chi connectivity index (χ3n) is 6.00. The van der Waals surface area contributed by atoms with Crippen molar-refractivity contribution < 1.29 is 0 Å². The molecule has 0 atom stereocenters. The SMILES string of the molecule is c1ccc(C(=Nc2cccc3c2CCC2(CC2)C3)c2ccccc2)cc1. The molecule has 1 heteroatoms. The van der Waals surface area contributed by atoms with Gasteiger partial charge in [0.05, 0.1) is 11.4 Å². The van der Waals surface area contributed by atoms with Crippen molar-refractivity contribution in [2.75, 3.05) is 0 Å². The van der Waals surface area contributed by atoms with Gasteiger partial charge in [-0.15, -0.1) is 0 Å². The molecule has 0 aliphatic heterocycles. The summed E-state index contributed by atoms with van der Waals surface area (Å²) in [5, 5.41) is 0. The van der Waals surface area contributed by atoms with Crippen LogP contribution >= 0.6 is 0 Å². The Morgan fingerprint density at radius 2 is 1.35 bits per heavy atom. The van der Waals surface area contributed by atoms with Gasteiger partial charge in [0.2, 0.25) is 0 Å². The lowest BCUT2D eigenvalue weighted by molar-refractivity contribution is 0.438. The molecule has 0 heterocycles. The largest absolute Gasteiger partial charge is 0.247 e. The van der Waals surface area contributed by atoms with Crippen molar-refractivity contribution in [2.24, 2.45) is 10.4 Å². The van der Waals surface area contributed by atoms with E-state index in [2.05, 4.69) is 78.9 Å². The van der Waals surface area contributed by atoms with E-state index in [4.69, 9.17) is 4.99 Å². The average Bonchev–Trinajstić information content (AvgIpc) is 3.45. The van der Waals surface area contributed by atoms with Crippen LogP contribution < -0.4 is 0 Å². The number of hydrogen-bond acceptors (Lipinski definition) is 1. The Morgan fingerprint density at radius 3 is 1.96 bits per heavy atom. The Hall–Kier alpha value is -2.67. The van der Waals surface area contributed by atoms with Crippen LogP contribution in [0.4, 0.5) is 5.69 Å². The van der Waals surface area contributed by atoms with Gasteiger partial charge in [-0.3, -0.25) is 0 Å². The van der Waals surface area contributed by atoms with Gasteiger partial charge in [0.15, 0.2) is 0 Å². The van der Waals surface area contributed by atoms with Crippen LogP contribution in [0.25, 0.3) is 0 Å². The van der Waals surface area contributed by atoms with E-state index in [1.807, 2.05) is 0 Å². The first kappa shape index (κ1) is 15.6. The van der Waals surface area contributed by atoms with Gasteiger partial charge >= 0.3 is 0 Å². The number of hydrogen-bond donors (Lipinski definition) is 0. The molecule has 1 saturated carbocycles. The molecule has 2 aliphatic carbocycles. The Bertz CT molecular complexity index is 908. The van der Waals surface area contributed by atoms with Crippen LogP contribution in [-0.4, -0.2) is 5.71 Å². The van der Waals surface area contributed by atoms with E-state index in [0.29, 0.717) is 5.41 Å². The summed E-state index contributed by atoms with van der Waals surface area (Å²) in [6.07, 6.45) is 6.58. The zero-order chi connectivity index (χ0) is 17.4. The second-order valence-electron chi connectivity index (χ2n) is 7.78. The molecule has 0 amide bonds. The predicted octanol–water partition coefficient (Wildman–Crippen LogP) is 6.12. The second-order valence-corrected chi connectivity index (χ2v) is 7.78. The van der Waals surface area contributed by atoms with Crippen molar-refractivity contribution in [2.45, 2.75) is 32.1 Å². The molecule has 0 radical (unpaired) electrons. The van der Waals surface area contributed by atoms with Crippen molar-refractivity contribution in [1.29, 1.82) is 0 Å². The van der Waals surface area contributed by atoms with Crippen molar-refractivity contribution in [3.63, 3.8) is 0 Å². The van der Waals surface area contributed by atoms with Crippen LogP contribution in [0.15, 0.2) is 83.9 Å². The number of aliphatic imine (C=N–C) groups is 1. The monoisotopic (exact) mass is 337 g/mol. The summed E-state index contributed by atoms with van der Waals surface area (Å²) in [6, 6.07) is 27.8. The average molecular weight is 337 g/mol. The number of benzene rings is 3. The van der Waals surface area contributed by atoms with Gasteiger partial charge in [0.25, 0.3) is 0 Å². The van der Waals surface area contributed by atoms with Gasteiger partial charge < -0.3 is 0 Å². The van der Waals surface area contributed by atoms with E-state index in [-0.39, 0.29) is 0 Å². The quantitative estimate of drug-likeness (QED) is 0.510.